The van der Waals surface area contributed by atoms with Crippen molar-refractivity contribution in [2.75, 3.05) is 0 Å². The van der Waals surface area contributed by atoms with E-state index >= 15 is 0 Å². The van der Waals surface area contributed by atoms with Crippen LogP contribution in [0, 0.1) is 0 Å². The summed E-state index contributed by atoms with van der Waals surface area (Å²) in [5.41, 5.74) is 8.20. The van der Waals surface area contributed by atoms with Gasteiger partial charge in [-0.3, -0.25) is 0 Å². The van der Waals surface area contributed by atoms with E-state index in [-0.39, 0.29) is 18.0 Å². The Hall–Kier alpha value is -2.37. The third-order valence-electron chi connectivity index (χ3n) is 3.40. The summed E-state index contributed by atoms with van der Waals surface area (Å²) in [7, 11) is 0. The Labute approximate surface area is 153 Å². The van der Waals surface area contributed by atoms with Crippen molar-refractivity contribution in [3.63, 3.8) is 0 Å². The maximum Gasteiger partial charge on any atom is 0.258 e. The smallest absolute Gasteiger partial charge is 0.258 e. The van der Waals surface area contributed by atoms with Crippen molar-refractivity contribution in [3.05, 3.63) is 54.1 Å². The molecule has 3 rings (SSSR count). The van der Waals surface area contributed by atoms with Crippen LogP contribution in [0.2, 0.25) is 0 Å². The molecule has 1 heterocycles. The highest BCUT2D eigenvalue weighted by atomic mass is 35.5. The number of halogens is 1. The van der Waals surface area contributed by atoms with E-state index in [9.17, 15) is 0 Å². The third kappa shape index (κ3) is 4.81. The minimum atomic E-state index is -0.227. The van der Waals surface area contributed by atoms with Crippen LogP contribution in [0.3, 0.4) is 0 Å². The molecule has 0 bridgehead atoms. The van der Waals surface area contributed by atoms with E-state index < -0.39 is 0 Å². The van der Waals surface area contributed by atoms with Gasteiger partial charge >= 0.3 is 0 Å². The van der Waals surface area contributed by atoms with E-state index in [2.05, 4.69) is 10.1 Å². The van der Waals surface area contributed by atoms with E-state index in [0.717, 1.165) is 22.4 Å². The Morgan fingerprint density at radius 1 is 0.960 bits per heavy atom. The summed E-state index contributed by atoms with van der Waals surface area (Å²) in [6.07, 6.45) is 0. The molecule has 0 aliphatic rings. The number of benzene rings is 2. The molecule has 0 atom stereocenters. The van der Waals surface area contributed by atoms with Gasteiger partial charge in [-0.05, 0) is 50.6 Å². The van der Waals surface area contributed by atoms with Crippen molar-refractivity contribution in [2.24, 2.45) is 5.73 Å². The van der Waals surface area contributed by atoms with Crippen molar-refractivity contribution in [2.45, 2.75) is 32.9 Å². The molecule has 3 aromatic rings. The molecule has 2 N–H and O–H groups in total. The molecule has 5 nitrogen and oxygen atoms in total. The fourth-order valence-electron chi connectivity index (χ4n) is 2.27. The summed E-state index contributed by atoms with van der Waals surface area (Å²) in [5.74, 6) is 1.85. The van der Waals surface area contributed by atoms with Gasteiger partial charge < -0.3 is 15.0 Å². The molecule has 0 spiro atoms. The summed E-state index contributed by atoms with van der Waals surface area (Å²) in [6, 6.07) is 15.4. The monoisotopic (exact) mass is 359 g/mol. The van der Waals surface area contributed by atoms with Crippen LogP contribution in [-0.2, 0) is 6.54 Å². The lowest BCUT2D eigenvalue weighted by Crippen LogP contribution is -2.22. The molecule has 0 radical (unpaired) electrons. The topological polar surface area (TPSA) is 74.2 Å². The Morgan fingerprint density at radius 3 is 2.12 bits per heavy atom. The van der Waals surface area contributed by atoms with Crippen LogP contribution in [0.1, 0.15) is 26.3 Å². The summed E-state index contributed by atoms with van der Waals surface area (Å²) in [6.45, 7) is 6.56. The Morgan fingerprint density at radius 2 is 1.56 bits per heavy atom. The summed E-state index contributed by atoms with van der Waals surface area (Å²) < 4.78 is 11.2. The quantitative estimate of drug-likeness (QED) is 0.744. The van der Waals surface area contributed by atoms with Crippen molar-refractivity contribution >= 4 is 12.4 Å². The molecule has 0 fully saturated rings. The average molecular weight is 360 g/mol. The zero-order chi connectivity index (χ0) is 17.2. The van der Waals surface area contributed by atoms with Crippen LogP contribution >= 0.6 is 12.4 Å². The van der Waals surface area contributed by atoms with Gasteiger partial charge in [0.15, 0.2) is 0 Å². The lowest BCUT2D eigenvalue weighted by atomic mass is 10.1. The highest BCUT2D eigenvalue weighted by molar-refractivity contribution is 5.85. The van der Waals surface area contributed by atoms with Crippen molar-refractivity contribution < 1.29 is 9.26 Å². The van der Waals surface area contributed by atoms with Gasteiger partial charge in [0.25, 0.3) is 5.89 Å². The lowest BCUT2D eigenvalue weighted by molar-refractivity contribution is 0.131. The standard InChI is InChI=1S/C19H21N3O2.ClH/c1-19(2,3)23-16-10-8-15(9-11-16)18-21-17(22-24-18)14-6-4-13(12-20)5-7-14;/h4-11H,12,20H2,1-3H3;1H. The maximum absolute atomic E-state index is 5.81. The van der Waals surface area contributed by atoms with E-state index in [0.29, 0.717) is 18.3 Å². The van der Waals surface area contributed by atoms with Crippen molar-refractivity contribution in [3.8, 4) is 28.6 Å². The zero-order valence-corrected chi connectivity index (χ0v) is 15.3. The number of rotatable bonds is 4. The van der Waals surface area contributed by atoms with Crippen LogP contribution in [0.5, 0.6) is 5.75 Å². The molecule has 0 aliphatic heterocycles. The molecular formula is C19H22ClN3O2. The first kappa shape index (κ1) is 19.0. The summed E-state index contributed by atoms with van der Waals surface area (Å²) in [5, 5.41) is 4.05. The number of aromatic nitrogens is 2. The zero-order valence-electron chi connectivity index (χ0n) is 14.5. The van der Waals surface area contributed by atoms with Gasteiger partial charge in [-0.15, -0.1) is 12.4 Å². The molecule has 1 aromatic heterocycles. The number of nitrogens with two attached hydrogens (primary N) is 1. The van der Waals surface area contributed by atoms with Crippen LogP contribution in [0.15, 0.2) is 53.1 Å². The van der Waals surface area contributed by atoms with Gasteiger partial charge in [0.2, 0.25) is 5.82 Å². The predicted octanol–water partition coefficient (Wildman–Crippen LogP) is 4.46. The molecule has 132 valence electrons. The fraction of sp³-hybridized carbons (Fsp3) is 0.263. The van der Waals surface area contributed by atoms with Crippen LogP contribution < -0.4 is 10.5 Å². The first-order valence-electron chi connectivity index (χ1n) is 7.87. The molecule has 0 saturated heterocycles. The minimum Gasteiger partial charge on any atom is -0.488 e. The minimum absolute atomic E-state index is 0. The number of ether oxygens (including phenoxy) is 1. The average Bonchev–Trinajstić information content (AvgIpc) is 3.04. The second-order valence-corrected chi connectivity index (χ2v) is 6.56. The fourth-order valence-corrected chi connectivity index (χ4v) is 2.27. The lowest BCUT2D eigenvalue weighted by Gasteiger charge is -2.21. The first-order chi connectivity index (χ1) is 11.4. The molecule has 6 heteroatoms. The summed E-state index contributed by atoms with van der Waals surface area (Å²) >= 11 is 0. The van der Waals surface area contributed by atoms with E-state index in [1.54, 1.807) is 0 Å². The first-order valence-corrected chi connectivity index (χ1v) is 7.87. The van der Waals surface area contributed by atoms with Crippen molar-refractivity contribution in [1.29, 1.82) is 0 Å². The van der Waals surface area contributed by atoms with Gasteiger partial charge in [-0.25, -0.2) is 0 Å². The molecule has 0 aliphatic carbocycles. The normalized spacial score (nSPS) is 11.0. The molecule has 0 saturated carbocycles. The Kier molecular flexibility index (Phi) is 5.82. The maximum atomic E-state index is 5.81. The van der Waals surface area contributed by atoms with Crippen LogP contribution in [0.25, 0.3) is 22.8 Å². The van der Waals surface area contributed by atoms with Gasteiger partial charge in [-0.2, -0.15) is 4.98 Å². The van der Waals surface area contributed by atoms with Gasteiger partial charge in [0.05, 0.1) is 0 Å². The third-order valence-corrected chi connectivity index (χ3v) is 3.40. The predicted molar refractivity (Wildman–Crippen MR) is 101 cm³/mol. The molecular weight excluding hydrogens is 338 g/mol. The highest BCUT2D eigenvalue weighted by Gasteiger charge is 2.13. The molecule has 0 unspecified atom stereocenters. The van der Waals surface area contributed by atoms with Gasteiger partial charge in [0.1, 0.15) is 11.4 Å². The largest absolute Gasteiger partial charge is 0.488 e. The Bertz CT molecular complexity index is 806. The van der Waals surface area contributed by atoms with Crippen molar-refractivity contribution in [1.82, 2.24) is 10.1 Å². The Balaban J connectivity index is 0.00000225. The molecule has 0 amide bonds. The molecule has 2 aromatic carbocycles. The second kappa shape index (κ2) is 7.68. The van der Waals surface area contributed by atoms with E-state index in [4.69, 9.17) is 15.0 Å². The summed E-state index contributed by atoms with van der Waals surface area (Å²) in [4.78, 5) is 4.46. The SMILES string of the molecule is CC(C)(C)Oc1ccc(-c2nc(-c3ccc(CN)cc3)no2)cc1.Cl. The van der Waals surface area contributed by atoms with Gasteiger partial charge in [0, 0.05) is 17.7 Å². The number of hydrogen-bond donors (Lipinski definition) is 1. The highest BCUT2D eigenvalue weighted by Crippen LogP contribution is 2.25. The van der Waals surface area contributed by atoms with E-state index in [1.807, 2.05) is 69.3 Å². The number of nitrogens with zero attached hydrogens (tertiary/aromatic N) is 2. The van der Waals surface area contributed by atoms with Crippen LogP contribution in [-0.4, -0.2) is 15.7 Å². The number of hydrogen-bond acceptors (Lipinski definition) is 5. The van der Waals surface area contributed by atoms with Crippen LogP contribution in [0.4, 0.5) is 0 Å². The van der Waals surface area contributed by atoms with E-state index in [1.165, 1.54) is 0 Å². The second-order valence-electron chi connectivity index (χ2n) is 6.56. The van der Waals surface area contributed by atoms with Gasteiger partial charge in [-0.1, -0.05) is 29.4 Å². The molecule has 25 heavy (non-hydrogen) atoms.